The number of hydrogen-bond acceptors (Lipinski definition) is 4. The Kier molecular flexibility index (Phi) is 4.61. The van der Waals surface area contributed by atoms with Crippen LogP contribution in [0.15, 0.2) is 30.3 Å². The molecule has 1 heterocycles. The lowest BCUT2D eigenvalue weighted by molar-refractivity contribution is -0.145. The lowest BCUT2D eigenvalue weighted by atomic mass is 10.1. The van der Waals surface area contributed by atoms with Gasteiger partial charge in [-0.1, -0.05) is 18.2 Å². The molecule has 1 aliphatic rings. The monoisotopic (exact) mass is 277 g/mol. The first kappa shape index (κ1) is 14.4. The van der Waals surface area contributed by atoms with Crippen LogP contribution in [-0.2, 0) is 14.3 Å². The molecule has 0 saturated carbocycles. The predicted octanol–water partition coefficient (Wildman–Crippen LogP) is 1.48. The van der Waals surface area contributed by atoms with Crippen molar-refractivity contribution in [2.45, 2.75) is 19.4 Å². The number of hydrogen-bond donors (Lipinski definition) is 0. The van der Waals surface area contributed by atoms with Crippen molar-refractivity contribution in [3.05, 3.63) is 30.3 Å². The number of rotatable bonds is 4. The van der Waals surface area contributed by atoms with E-state index in [1.165, 1.54) is 7.11 Å². The lowest BCUT2D eigenvalue weighted by Gasteiger charge is -2.21. The number of nitrogens with zero attached hydrogens (tertiary/aromatic N) is 1. The van der Waals surface area contributed by atoms with Gasteiger partial charge in [0, 0.05) is 13.1 Å². The third kappa shape index (κ3) is 3.29. The number of ether oxygens (including phenoxy) is 2. The second kappa shape index (κ2) is 6.41. The normalized spacial score (nSPS) is 19.5. The van der Waals surface area contributed by atoms with Crippen LogP contribution in [0.25, 0.3) is 0 Å². The molecular weight excluding hydrogens is 258 g/mol. The maximum atomic E-state index is 12.3. The summed E-state index contributed by atoms with van der Waals surface area (Å²) in [6.45, 7) is 2.70. The molecule has 0 bridgehead atoms. The van der Waals surface area contributed by atoms with Gasteiger partial charge in [-0.2, -0.15) is 0 Å². The highest BCUT2D eigenvalue weighted by Crippen LogP contribution is 2.19. The smallest absolute Gasteiger partial charge is 0.310 e. The maximum absolute atomic E-state index is 12.3. The first-order valence-corrected chi connectivity index (χ1v) is 6.70. The third-order valence-electron chi connectivity index (χ3n) is 3.44. The Labute approximate surface area is 118 Å². The second-order valence-electron chi connectivity index (χ2n) is 4.87. The lowest BCUT2D eigenvalue weighted by Crippen LogP contribution is -2.39. The van der Waals surface area contributed by atoms with E-state index in [9.17, 15) is 9.59 Å². The predicted molar refractivity (Wildman–Crippen MR) is 73.2 cm³/mol. The van der Waals surface area contributed by atoms with Gasteiger partial charge in [0.25, 0.3) is 5.91 Å². The van der Waals surface area contributed by atoms with Crippen molar-refractivity contribution in [3.8, 4) is 5.75 Å². The van der Waals surface area contributed by atoms with Crippen LogP contribution in [0.2, 0.25) is 0 Å². The quantitative estimate of drug-likeness (QED) is 0.782. The van der Waals surface area contributed by atoms with Gasteiger partial charge in [0.2, 0.25) is 0 Å². The summed E-state index contributed by atoms with van der Waals surface area (Å²) < 4.78 is 10.3. The van der Waals surface area contributed by atoms with Gasteiger partial charge in [-0.3, -0.25) is 9.59 Å². The Balaban J connectivity index is 1.90. The summed E-state index contributed by atoms with van der Waals surface area (Å²) in [5.74, 6) is 0.0992. The molecule has 1 saturated heterocycles. The molecule has 0 spiro atoms. The van der Waals surface area contributed by atoms with Gasteiger partial charge in [0.1, 0.15) is 5.75 Å². The zero-order valence-electron chi connectivity index (χ0n) is 11.7. The first-order chi connectivity index (χ1) is 9.61. The fourth-order valence-corrected chi connectivity index (χ4v) is 2.33. The van der Waals surface area contributed by atoms with Crippen LogP contribution in [0, 0.1) is 5.92 Å². The average Bonchev–Trinajstić information content (AvgIpc) is 2.96. The van der Waals surface area contributed by atoms with Crippen LogP contribution < -0.4 is 4.74 Å². The molecule has 1 fully saturated rings. The van der Waals surface area contributed by atoms with Gasteiger partial charge < -0.3 is 14.4 Å². The van der Waals surface area contributed by atoms with Crippen LogP contribution >= 0.6 is 0 Å². The van der Waals surface area contributed by atoms with Crippen molar-refractivity contribution < 1.29 is 19.1 Å². The molecule has 2 unspecified atom stereocenters. The van der Waals surface area contributed by atoms with Crippen LogP contribution in [0.1, 0.15) is 13.3 Å². The molecule has 1 aromatic carbocycles. The summed E-state index contributed by atoms with van der Waals surface area (Å²) in [6.07, 6.45) is 0.0880. The molecule has 20 heavy (non-hydrogen) atoms. The van der Waals surface area contributed by atoms with E-state index < -0.39 is 6.10 Å². The molecular formula is C15H19NO4. The Bertz CT molecular complexity index is 474. The summed E-state index contributed by atoms with van der Waals surface area (Å²) in [6, 6.07) is 9.22. The Morgan fingerprint density at radius 1 is 1.30 bits per heavy atom. The van der Waals surface area contributed by atoms with Gasteiger partial charge in [0.05, 0.1) is 13.0 Å². The molecule has 2 atom stereocenters. The number of likely N-dealkylation sites (tertiary alicyclic amines) is 1. The Hall–Kier alpha value is -2.04. The van der Waals surface area contributed by atoms with Crippen molar-refractivity contribution in [1.29, 1.82) is 0 Å². The summed E-state index contributed by atoms with van der Waals surface area (Å²) in [4.78, 5) is 25.4. The molecule has 5 heteroatoms. The summed E-state index contributed by atoms with van der Waals surface area (Å²) >= 11 is 0. The zero-order chi connectivity index (χ0) is 14.5. The van der Waals surface area contributed by atoms with Gasteiger partial charge in [0.15, 0.2) is 6.10 Å². The fraction of sp³-hybridized carbons (Fsp3) is 0.467. The fourth-order valence-electron chi connectivity index (χ4n) is 2.33. The number of esters is 1. The van der Waals surface area contributed by atoms with E-state index in [4.69, 9.17) is 9.47 Å². The van der Waals surface area contributed by atoms with Crippen LogP contribution in [0.4, 0.5) is 0 Å². The van der Waals surface area contributed by atoms with E-state index >= 15 is 0 Å². The van der Waals surface area contributed by atoms with Crippen LogP contribution in [0.5, 0.6) is 5.75 Å². The molecule has 0 aromatic heterocycles. The van der Waals surface area contributed by atoms with Crippen LogP contribution in [0.3, 0.4) is 0 Å². The Morgan fingerprint density at radius 2 is 2.00 bits per heavy atom. The van der Waals surface area contributed by atoms with E-state index in [0.29, 0.717) is 25.3 Å². The Morgan fingerprint density at radius 3 is 2.65 bits per heavy atom. The number of methoxy groups -OCH3 is 1. The van der Waals surface area contributed by atoms with Crippen LogP contribution in [-0.4, -0.2) is 43.1 Å². The van der Waals surface area contributed by atoms with E-state index in [2.05, 4.69) is 0 Å². The standard InChI is InChI=1S/C15H19NO4/c1-11(20-13-6-4-3-5-7-13)14(17)16-9-8-12(10-16)15(18)19-2/h3-7,11-12H,8-10H2,1-2H3. The first-order valence-electron chi connectivity index (χ1n) is 6.70. The maximum Gasteiger partial charge on any atom is 0.310 e. The SMILES string of the molecule is COC(=O)C1CCN(C(=O)C(C)Oc2ccccc2)C1. The number of carbonyl (C=O) groups is 2. The minimum Gasteiger partial charge on any atom is -0.481 e. The van der Waals surface area contributed by atoms with Crippen molar-refractivity contribution in [2.24, 2.45) is 5.92 Å². The van der Waals surface area contributed by atoms with Crippen molar-refractivity contribution in [1.82, 2.24) is 4.90 Å². The van der Waals surface area contributed by atoms with Gasteiger partial charge >= 0.3 is 5.97 Å². The highest BCUT2D eigenvalue weighted by molar-refractivity contribution is 5.82. The summed E-state index contributed by atoms with van der Waals surface area (Å²) in [7, 11) is 1.37. The largest absolute Gasteiger partial charge is 0.481 e. The van der Waals surface area contributed by atoms with Crippen molar-refractivity contribution >= 4 is 11.9 Å². The zero-order valence-corrected chi connectivity index (χ0v) is 11.7. The molecule has 0 N–H and O–H groups in total. The molecule has 2 rings (SSSR count). The molecule has 108 valence electrons. The van der Waals surface area contributed by atoms with E-state index in [1.807, 2.05) is 30.3 Å². The molecule has 1 amide bonds. The number of carbonyl (C=O) groups excluding carboxylic acids is 2. The highest BCUT2D eigenvalue weighted by Gasteiger charge is 2.33. The van der Waals surface area contributed by atoms with E-state index in [0.717, 1.165) is 0 Å². The molecule has 1 aliphatic heterocycles. The topological polar surface area (TPSA) is 55.8 Å². The number of amides is 1. The second-order valence-corrected chi connectivity index (χ2v) is 4.87. The average molecular weight is 277 g/mol. The van der Waals surface area contributed by atoms with Gasteiger partial charge in [-0.15, -0.1) is 0 Å². The molecule has 5 nitrogen and oxygen atoms in total. The number of benzene rings is 1. The summed E-state index contributed by atoms with van der Waals surface area (Å²) in [5.41, 5.74) is 0. The molecule has 0 aliphatic carbocycles. The number of para-hydroxylation sites is 1. The molecule has 0 radical (unpaired) electrons. The minimum absolute atomic E-state index is 0.0970. The highest BCUT2D eigenvalue weighted by atomic mass is 16.5. The molecule has 1 aromatic rings. The van der Waals surface area contributed by atoms with Gasteiger partial charge in [-0.25, -0.2) is 0 Å². The van der Waals surface area contributed by atoms with E-state index in [-0.39, 0.29) is 17.8 Å². The minimum atomic E-state index is -0.561. The third-order valence-corrected chi connectivity index (χ3v) is 3.44. The van der Waals surface area contributed by atoms with E-state index in [1.54, 1.807) is 11.8 Å². The summed E-state index contributed by atoms with van der Waals surface area (Å²) in [5, 5.41) is 0. The van der Waals surface area contributed by atoms with Crippen molar-refractivity contribution in [3.63, 3.8) is 0 Å². The van der Waals surface area contributed by atoms with Gasteiger partial charge in [-0.05, 0) is 25.5 Å². The van der Waals surface area contributed by atoms with Crippen molar-refractivity contribution in [2.75, 3.05) is 20.2 Å².